The summed E-state index contributed by atoms with van der Waals surface area (Å²) in [6.07, 6.45) is 7.74. The minimum absolute atomic E-state index is 0.0510. The molecule has 6 nitrogen and oxygen atoms in total. The molecule has 1 saturated heterocycles. The van der Waals surface area contributed by atoms with Crippen LogP contribution in [0, 0.1) is 13.8 Å². The highest BCUT2D eigenvalue weighted by molar-refractivity contribution is 5.76. The molecule has 0 aromatic carbocycles. The average Bonchev–Trinajstić information content (AvgIpc) is 3.41. The van der Waals surface area contributed by atoms with E-state index in [1.54, 1.807) is 0 Å². The second kappa shape index (κ2) is 8.17. The molecule has 1 fully saturated rings. The highest BCUT2D eigenvalue weighted by atomic mass is 16.2. The highest BCUT2D eigenvalue weighted by Crippen LogP contribution is 2.31. The lowest BCUT2D eigenvalue weighted by Gasteiger charge is -2.23. The lowest BCUT2D eigenvalue weighted by atomic mass is 10.1. The molecule has 6 heteroatoms. The number of hydrogen-bond donors (Lipinski definition) is 0. The molecule has 4 rings (SSSR count). The van der Waals surface area contributed by atoms with E-state index in [2.05, 4.69) is 40.7 Å². The third kappa shape index (κ3) is 3.68. The van der Waals surface area contributed by atoms with E-state index >= 15 is 0 Å². The van der Waals surface area contributed by atoms with Gasteiger partial charge in [-0.05, 0) is 63.8 Å². The smallest absolute Gasteiger partial charge is 0.223 e. The summed E-state index contributed by atoms with van der Waals surface area (Å²) in [5.41, 5.74) is 3.47. The van der Waals surface area contributed by atoms with Crippen molar-refractivity contribution in [2.24, 2.45) is 0 Å². The molecule has 0 bridgehead atoms. The Kier molecular flexibility index (Phi) is 5.46. The Hall–Kier alpha value is -2.63. The highest BCUT2D eigenvalue weighted by Gasteiger charge is 2.32. The van der Waals surface area contributed by atoms with E-state index < -0.39 is 0 Å². The zero-order chi connectivity index (χ0) is 19.5. The fraction of sp³-hybridized carbons (Fsp3) is 0.500. The summed E-state index contributed by atoms with van der Waals surface area (Å²) in [5.74, 6) is 1.14. The Morgan fingerprint density at radius 1 is 1.07 bits per heavy atom. The summed E-state index contributed by atoms with van der Waals surface area (Å²) in [5, 5.41) is 8.64. The van der Waals surface area contributed by atoms with Gasteiger partial charge in [0.25, 0.3) is 0 Å². The molecule has 1 amide bonds. The Morgan fingerprint density at radius 3 is 2.71 bits per heavy atom. The van der Waals surface area contributed by atoms with E-state index in [0.717, 1.165) is 56.7 Å². The number of nitrogens with zero attached hydrogens (tertiary/aromatic N) is 5. The molecule has 3 aromatic heterocycles. The molecule has 4 heterocycles. The molecule has 0 spiro atoms. The number of carbonyl (C=O) groups excluding carboxylic acids is 1. The van der Waals surface area contributed by atoms with E-state index in [-0.39, 0.29) is 11.9 Å². The molecular weight excluding hydrogens is 350 g/mol. The summed E-state index contributed by atoms with van der Waals surface area (Å²) < 4.78 is 4.37. The third-order valence-corrected chi connectivity index (χ3v) is 5.90. The van der Waals surface area contributed by atoms with Crippen molar-refractivity contribution in [3.8, 4) is 0 Å². The maximum atomic E-state index is 12.9. The maximum Gasteiger partial charge on any atom is 0.223 e. The second-order valence-electron chi connectivity index (χ2n) is 7.81. The van der Waals surface area contributed by atoms with Crippen LogP contribution in [-0.4, -0.2) is 36.5 Å². The summed E-state index contributed by atoms with van der Waals surface area (Å²) in [4.78, 5) is 14.9. The van der Waals surface area contributed by atoms with Crippen LogP contribution in [0.15, 0.2) is 36.5 Å². The molecule has 1 atom stereocenters. The van der Waals surface area contributed by atoms with Gasteiger partial charge in [0.1, 0.15) is 0 Å². The van der Waals surface area contributed by atoms with Gasteiger partial charge in [-0.1, -0.05) is 12.5 Å². The SMILES string of the molecule is Cc1ccc(C)n1CCCCCC(=O)N1CCC[C@@H]1c1nnc2ccccn12. The van der Waals surface area contributed by atoms with Gasteiger partial charge in [0.15, 0.2) is 11.5 Å². The van der Waals surface area contributed by atoms with Crippen molar-refractivity contribution in [1.29, 1.82) is 0 Å². The minimum atomic E-state index is 0.0510. The van der Waals surface area contributed by atoms with Gasteiger partial charge in [0.2, 0.25) is 5.91 Å². The average molecular weight is 380 g/mol. The largest absolute Gasteiger partial charge is 0.349 e. The molecule has 0 saturated carbocycles. The first-order valence-electron chi connectivity index (χ1n) is 10.4. The van der Waals surface area contributed by atoms with Crippen LogP contribution in [0.25, 0.3) is 5.65 Å². The molecule has 1 aliphatic heterocycles. The van der Waals surface area contributed by atoms with Crippen LogP contribution < -0.4 is 0 Å². The van der Waals surface area contributed by atoms with Crippen molar-refractivity contribution >= 4 is 11.6 Å². The monoisotopic (exact) mass is 379 g/mol. The van der Waals surface area contributed by atoms with E-state index in [1.165, 1.54) is 11.4 Å². The molecular formula is C22H29N5O. The van der Waals surface area contributed by atoms with Crippen LogP contribution in [0.5, 0.6) is 0 Å². The minimum Gasteiger partial charge on any atom is -0.349 e. The first kappa shape index (κ1) is 18.7. The number of pyridine rings is 1. The Balaban J connectivity index is 1.30. The van der Waals surface area contributed by atoms with Gasteiger partial charge in [-0.25, -0.2) is 0 Å². The molecule has 3 aromatic rings. The third-order valence-electron chi connectivity index (χ3n) is 5.90. The lowest BCUT2D eigenvalue weighted by molar-refractivity contribution is -0.132. The number of unbranched alkanes of at least 4 members (excludes halogenated alkanes) is 2. The number of aryl methyl sites for hydroxylation is 2. The summed E-state index contributed by atoms with van der Waals surface area (Å²) >= 11 is 0. The van der Waals surface area contributed by atoms with Gasteiger partial charge in [0.05, 0.1) is 6.04 Å². The predicted octanol–water partition coefficient (Wildman–Crippen LogP) is 4.07. The molecule has 0 radical (unpaired) electrons. The van der Waals surface area contributed by atoms with E-state index in [9.17, 15) is 4.79 Å². The second-order valence-corrected chi connectivity index (χ2v) is 7.81. The van der Waals surface area contributed by atoms with Crippen molar-refractivity contribution in [2.75, 3.05) is 6.54 Å². The van der Waals surface area contributed by atoms with Crippen molar-refractivity contribution in [3.63, 3.8) is 0 Å². The summed E-state index contributed by atoms with van der Waals surface area (Å²) in [6.45, 7) is 6.17. The van der Waals surface area contributed by atoms with Gasteiger partial charge in [-0.15, -0.1) is 10.2 Å². The number of amides is 1. The van der Waals surface area contributed by atoms with Gasteiger partial charge in [0, 0.05) is 37.1 Å². The summed E-state index contributed by atoms with van der Waals surface area (Å²) in [7, 11) is 0. The predicted molar refractivity (Wildman–Crippen MR) is 109 cm³/mol. The van der Waals surface area contributed by atoms with Crippen LogP contribution in [0.3, 0.4) is 0 Å². The zero-order valence-corrected chi connectivity index (χ0v) is 16.8. The standard InChI is InChI=1S/C22H29N5O/c1-17-12-13-18(2)25(17)14-6-3-4-11-21(28)26-16-8-9-19(26)22-24-23-20-10-5-7-15-27(20)22/h5,7,10,12-13,15,19H,3-4,6,8-9,11,14,16H2,1-2H3/t19-/m1/s1. The van der Waals surface area contributed by atoms with Crippen molar-refractivity contribution < 1.29 is 4.79 Å². The van der Waals surface area contributed by atoms with Gasteiger partial charge in [-0.3, -0.25) is 9.20 Å². The van der Waals surface area contributed by atoms with Gasteiger partial charge >= 0.3 is 0 Å². The molecule has 148 valence electrons. The van der Waals surface area contributed by atoms with Gasteiger partial charge in [-0.2, -0.15) is 0 Å². The number of aromatic nitrogens is 4. The van der Waals surface area contributed by atoms with Crippen LogP contribution in [0.4, 0.5) is 0 Å². The fourth-order valence-corrected chi connectivity index (χ4v) is 4.34. The topological polar surface area (TPSA) is 55.4 Å². The maximum absolute atomic E-state index is 12.9. The van der Waals surface area contributed by atoms with E-state index in [1.807, 2.05) is 33.7 Å². The van der Waals surface area contributed by atoms with Crippen molar-refractivity contribution in [2.45, 2.75) is 65.0 Å². The number of fused-ring (bicyclic) bond motifs is 1. The van der Waals surface area contributed by atoms with Crippen LogP contribution in [0.1, 0.15) is 61.8 Å². The molecule has 28 heavy (non-hydrogen) atoms. The zero-order valence-electron chi connectivity index (χ0n) is 16.8. The molecule has 0 aliphatic carbocycles. The van der Waals surface area contributed by atoms with Crippen LogP contribution >= 0.6 is 0 Å². The Morgan fingerprint density at radius 2 is 1.89 bits per heavy atom. The van der Waals surface area contributed by atoms with E-state index in [0.29, 0.717) is 6.42 Å². The van der Waals surface area contributed by atoms with Gasteiger partial charge < -0.3 is 9.47 Å². The van der Waals surface area contributed by atoms with Crippen molar-refractivity contribution in [3.05, 3.63) is 53.7 Å². The normalized spacial score (nSPS) is 16.9. The first-order valence-corrected chi connectivity index (χ1v) is 10.4. The Bertz CT molecular complexity index is 937. The quantitative estimate of drug-likeness (QED) is 0.582. The number of hydrogen-bond acceptors (Lipinski definition) is 3. The van der Waals surface area contributed by atoms with E-state index in [4.69, 9.17) is 0 Å². The fourth-order valence-electron chi connectivity index (χ4n) is 4.34. The Labute approximate surface area is 166 Å². The summed E-state index contributed by atoms with van der Waals surface area (Å²) in [6, 6.07) is 10.3. The molecule has 1 aliphatic rings. The molecule has 0 unspecified atom stereocenters. The van der Waals surface area contributed by atoms with Crippen LogP contribution in [0.2, 0.25) is 0 Å². The molecule has 0 N–H and O–H groups in total. The van der Waals surface area contributed by atoms with Crippen LogP contribution in [-0.2, 0) is 11.3 Å². The lowest BCUT2D eigenvalue weighted by Crippen LogP contribution is -2.31. The number of carbonyl (C=O) groups is 1. The van der Waals surface area contributed by atoms with Crippen molar-refractivity contribution in [1.82, 2.24) is 24.1 Å². The first-order chi connectivity index (χ1) is 13.6. The number of likely N-dealkylation sites (tertiary alicyclic amines) is 1. The number of rotatable bonds is 7.